The highest BCUT2D eigenvalue weighted by Gasteiger charge is 2.19. The van der Waals surface area contributed by atoms with E-state index in [1.165, 1.54) is 27.7 Å². The molecule has 1 N–H and O–H groups in total. The van der Waals surface area contributed by atoms with Crippen LogP contribution in [0.1, 0.15) is 16.8 Å². The van der Waals surface area contributed by atoms with Crippen molar-refractivity contribution in [3.63, 3.8) is 0 Å². The molecule has 0 unspecified atom stereocenters. The molecule has 0 fully saturated rings. The van der Waals surface area contributed by atoms with Gasteiger partial charge in [0.05, 0.1) is 5.52 Å². The molecule has 1 aromatic carbocycles. The Bertz CT molecular complexity index is 569. The van der Waals surface area contributed by atoms with Gasteiger partial charge in [-0.2, -0.15) is 0 Å². The van der Waals surface area contributed by atoms with E-state index in [4.69, 9.17) is 11.6 Å². The number of hydrogen-bond acceptors (Lipinski definition) is 1. The molecule has 0 saturated heterocycles. The molecule has 1 aliphatic rings. The lowest BCUT2D eigenvalue weighted by molar-refractivity contribution is 0.614. The minimum absolute atomic E-state index is 0.860. The molecule has 0 radical (unpaired) electrons. The molecular formula is C13H15ClN2. The molecule has 0 bridgehead atoms. The Balaban J connectivity index is 2.44. The summed E-state index contributed by atoms with van der Waals surface area (Å²) in [6, 6.07) is 4.18. The third-order valence-electron chi connectivity index (χ3n) is 3.62. The van der Waals surface area contributed by atoms with E-state index in [1.54, 1.807) is 0 Å². The molecule has 3 heteroatoms. The number of nitrogens with zero attached hydrogens (tertiary/aromatic N) is 1. The summed E-state index contributed by atoms with van der Waals surface area (Å²) in [5.74, 6) is 0. The number of aryl methyl sites for hydroxylation is 2. The van der Waals surface area contributed by atoms with Gasteiger partial charge in [0.1, 0.15) is 0 Å². The van der Waals surface area contributed by atoms with Crippen LogP contribution >= 0.6 is 11.6 Å². The molecule has 0 amide bonds. The van der Waals surface area contributed by atoms with E-state index in [0.29, 0.717) is 0 Å². The van der Waals surface area contributed by atoms with E-state index < -0.39 is 0 Å². The average molecular weight is 235 g/mol. The third-order valence-corrected chi connectivity index (χ3v) is 4.03. The smallest absolute Gasteiger partial charge is 0.0527 e. The number of nitrogens with one attached hydrogen (secondary N) is 1. The van der Waals surface area contributed by atoms with Crippen LogP contribution in [0.25, 0.3) is 10.9 Å². The molecule has 2 aromatic rings. The zero-order valence-electron chi connectivity index (χ0n) is 9.60. The first-order valence-corrected chi connectivity index (χ1v) is 6.04. The van der Waals surface area contributed by atoms with Gasteiger partial charge in [0.2, 0.25) is 0 Å². The van der Waals surface area contributed by atoms with Gasteiger partial charge < -0.3 is 9.88 Å². The fourth-order valence-electron chi connectivity index (χ4n) is 2.77. The maximum absolute atomic E-state index is 6.19. The number of fused-ring (bicyclic) bond motifs is 3. The summed E-state index contributed by atoms with van der Waals surface area (Å²) >= 11 is 6.19. The summed E-state index contributed by atoms with van der Waals surface area (Å²) in [4.78, 5) is 0. The summed E-state index contributed by atoms with van der Waals surface area (Å²) in [6.07, 6.45) is 1.12. The molecule has 2 nitrogen and oxygen atoms in total. The van der Waals surface area contributed by atoms with Crippen LogP contribution in [0.4, 0.5) is 0 Å². The van der Waals surface area contributed by atoms with Crippen LogP contribution in [0.5, 0.6) is 0 Å². The normalized spacial score (nSPS) is 15.4. The quantitative estimate of drug-likeness (QED) is 0.742. The minimum Gasteiger partial charge on any atom is -0.346 e. The van der Waals surface area contributed by atoms with E-state index in [2.05, 4.69) is 29.9 Å². The second-order valence-electron chi connectivity index (χ2n) is 4.48. The molecular weight excluding hydrogens is 220 g/mol. The predicted molar refractivity (Wildman–Crippen MR) is 68.1 cm³/mol. The van der Waals surface area contributed by atoms with Crippen molar-refractivity contribution in [2.45, 2.75) is 19.9 Å². The Morgan fingerprint density at radius 1 is 1.38 bits per heavy atom. The standard InChI is InChI=1S/C13H15ClN2/c1-8-11(14)4-3-10-9-5-6-15-7-12(9)16(2)13(8)10/h3-4,15H,5-7H2,1-2H3. The lowest BCUT2D eigenvalue weighted by atomic mass is 10.0. The van der Waals surface area contributed by atoms with E-state index in [0.717, 1.165) is 24.5 Å². The van der Waals surface area contributed by atoms with Gasteiger partial charge in [0.25, 0.3) is 0 Å². The summed E-state index contributed by atoms with van der Waals surface area (Å²) in [6.45, 7) is 4.15. The van der Waals surface area contributed by atoms with Gasteiger partial charge in [-0.3, -0.25) is 0 Å². The fourth-order valence-corrected chi connectivity index (χ4v) is 2.92. The Morgan fingerprint density at radius 2 is 2.19 bits per heavy atom. The van der Waals surface area contributed by atoms with E-state index in [-0.39, 0.29) is 0 Å². The molecule has 0 saturated carbocycles. The monoisotopic (exact) mass is 234 g/mol. The summed E-state index contributed by atoms with van der Waals surface area (Å²) in [5, 5.41) is 5.66. The van der Waals surface area contributed by atoms with Crippen LogP contribution in [0.15, 0.2) is 12.1 Å². The fraction of sp³-hybridized carbons (Fsp3) is 0.385. The van der Waals surface area contributed by atoms with Crippen molar-refractivity contribution in [1.82, 2.24) is 9.88 Å². The van der Waals surface area contributed by atoms with Crippen LogP contribution in [0, 0.1) is 6.92 Å². The number of aromatic nitrogens is 1. The molecule has 0 spiro atoms. The van der Waals surface area contributed by atoms with Crippen LogP contribution < -0.4 is 5.32 Å². The lowest BCUT2D eigenvalue weighted by Gasteiger charge is -2.14. The van der Waals surface area contributed by atoms with E-state index >= 15 is 0 Å². The van der Waals surface area contributed by atoms with E-state index in [9.17, 15) is 0 Å². The Morgan fingerprint density at radius 3 is 3.00 bits per heavy atom. The van der Waals surface area contributed by atoms with Crippen LogP contribution in [0.3, 0.4) is 0 Å². The van der Waals surface area contributed by atoms with Gasteiger partial charge in [-0.05, 0) is 37.1 Å². The topological polar surface area (TPSA) is 17.0 Å². The maximum atomic E-state index is 6.19. The molecule has 16 heavy (non-hydrogen) atoms. The van der Waals surface area contributed by atoms with Crippen LogP contribution in [0.2, 0.25) is 5.02 Å². The number of rotatable bonds is 0. The zero-order valence-corrected chi connectivity index (χ0v) is 10.4. The first kappa shape index (κ1) is 10.2. The highest BCUT2D eigenvalue weighted by molar-refractivity contribution is 6.32. The molecule has 0 atom stereocenters. The zero-order chi connectivity index (χ0) is 11.3. The first-order chi connectivity index (χ1) is 7.70. The van der Waals surface area contributed by atoms with Gasteiger partial charge in [-0.15, -0.1) is 0 Å². The molecule has 1 aliphatic heterocycles. The summed E-state index contributed by atoms with van der Waals surface area (Å²) in [7, 11) is 2.14. The van der Waals surface area contributed by atoms with Crippen molar-refractivity contribution >= 4 is 22.5 Å². The average Bonchev–Trinajstić information content (AvgIpc) is 2.59. The second-order valence-corrected chi connectivity index (χ2v) is 4.89. The van der Waals surface area contributed by atoms with Crippen molar-refractivity contribution in [2.24, 2.45) is 7.05 Å². The van der Waals surface area contributed by atoms with Gasteiger partial charge in [0.15, 0.2) is 0 Å². The number of halogens is 1. The van der Waals surface area contributed by atoms with Crippen molar-refractivity contribution in [1.29, 1.82) is 0 Å². The van der Waals surface area contributed by atoms with Crippen molar-refractivity contribution < 1.29 is 0 Å². The SMILES string of the molecule is Cc1c(Cl)ccc2c3c(n(C)c12)CNCC3. The maximum Gasteiger partial charge on any atom is 0.0527 e. The second kappa shape index (κ2) is 3.51. The highest BCUT2D eigenvalue weighted by Crippen LogP contribution is 2.32. The summed E-state index contributed by atoms with van der Waals surface area (Å²) < 4.78 is 2.29. The molecule has 84 valence electrons. The molecule has 1 aromatic heterocycles. The van der Waals surface area contributed by atoms with Crippen molar-refractivity contribution in [2.75, 3.05) is 6.54 Å². The first-order valence-electron chi connectivity index (χ1n) is 5.66. The van der Waals surface area contributed by atoms with Gasteiger partial charge in [0, 0.05) is 29.7 Å². The Hall–Kier alpha value is -0.990. The largest absolute Gasteiger partial charge is 0.346 e. The highest BCUT2D eigenvalue weighted by atomic mass is 35.5. The van der Waals surface area contributed by atoms with Crippen molar-refractivity contribution in [3.8, 4) is 0 Å². The Labute approximate surface area is 100 Å². The third kappa shape index (κ3) is 1.23. The van der Waals surface area contributed by atoms with Crippen molar-refractivity contribution in [3.05, 3.63) is 34.0 Å². The molecule has 0 aliphatic carbocycles. The molecule has 3 rings (SSSR count). The lowest BCUT2D eigenvalue weighted by Crippen LogP contribution is -2.24. The van der Waals surface area contributed by atoms with E-state index in [1.807, 2.05) is 6.07 Å². The van der Waals surface area contributed by atoms with Gasteiger partial charge in [-0.25, -0.2) is 0 Å². The number of benzene rings is 1. The van der Waals surface area contributed by atoms with Crippen LogP contribution in [-0.4, -0.2) is 11.1 Å². The van der Waals surface area contributed by atoms with Gasteiger partial charge >= 0.3 is 0 Å². The predicted octanol–water partition coefficient (Wildman–Crippen LogP) is 2.79. The summed E-state index contributed by atoms with van der Waals surface area (Å²) in [5.41, 5.74) is 5.39. The molecule has 2 heterocycles. The van der Waals surface area contributed by atoms with Crippen LogP contribution in [-0.2, 0) is 20.0 Å². The number of hydrogen-bond donors (Lipinski definition) is 1. The minimum atomic E-state index is 0.860. The Kier molecular flexibility index (Phi) is 2.23. The van der Waals surface area contributed by atoms with Gasteiger partial charge in [-0.1, -0.05) is 17.7 Å².